The van der Waals surface area contributed by atoms with Gasteiger partial charge in [0.15, 0.2) is 0 Å². The van der Waals surface area contributed by atoms with E-state index in [1.54, 1.807) is 6.92 Å². The lowest BCUT2D eigenvalue weighted by molar-refractivity contribution is -0.144. The number of amides is 2. The zero-order valence-electron chi connectivity index (χ0n) is 12.5. The van der Waals surface area contributed by atoms with Crippen molar-refractivity contribution in [3.63, 3.8) is 0 Å². The molecule has 3 N–H and O–H groups in total. The number of aromatic nitrogens is 1. The first-order valence-electron chi connectivity index (χ1n) is 7.43. The van der Waals surface area contributed by atoms with Crippen LogP contribution in [0.25, 0.3) is 10.9 Å². The second kappa shape index (κ2) is 5.71. The highest BCUT2D eigenvalue weighted by Crippen LogP contribution is 2.36. The van der Waals surface area contributed by atoms with E-state index in [1.165, 1.54) is 4.90 Å². The molecule has 1 aromatic carbocycles. The molecule has 1 aliphatic rings. The number of benzene rings is 1. The van der Waals surface area contributed by atoms with Gasteiger partial charge in [-0.05, 0) is 25.0 Å². The van der Waals surface area contributed by atoms with Crippen molar-refractivity contribution < 1.29 is 14.3 Å². The van der Waals surface area contributed by atoms with Crippen molar-refractivity contribution in [2.45, 2.75) is 25.8 Å². The molecule has 2 heterocycles. The quantitative estimate of drug-likeness (QED) is 0.851. The molecule has 0 saturated carbocycles. The number of hydrogen-bond donors (Lipinski definition) is 2. The number of H-pyrrole nitrogens is 1. The van der Waals surface area contributed by atoms with E-state index in [0.29, 0.717) is 13.2 Å². The first kappa shape index (κ1) is 14.4. The van der Waals surface area contributed by atoms with Gasteiger partial charge < -0.3 is 20.4 Å². The lowest BCUT2D eigenvalue weighted by Gasteiger charge is -2.34. The van der Waals surface area contributed by atoms with Gasteiger partial charge in [0.1, 0.15) is 0 Å². The number of rotatable bonds is 3. The number of nitrogens with zero attached hydrogens (tertiary/aromatic N) is 1. The molecule has 6 heteroatoms. The zero-order chi connectivity index (χ0) is 15.7. The van der Waals surface area contributed by atoms with Gasteiger partial charge in [0.2, 0.25) is 0 Å². The monoisotopic (exact) mass is 301 g/mol. The van der Waals surface area contributed by atoms with E-state index in [4.69, 9.17) is 10.5 Å². The van der Waals surface area contributed by atoms with Crippen molar-refractivity contribution in [3.05, 3.63) is 35.5 Å². The Bertz CT molecular complexity index is 722. The van der Waals surface area contributed by atoms with Crippen molar-refractivity contribution in [1.29, 1.82) is 0 Å². The van der Waals surface area contributed by atoms with Gasteiger partial charge >= 0.3 is 12.0 Å². The molecule has 0 saturated heterocycles. The first-order valence-corrected chi connectivity index (χ1v) is 7.43. The summed E-state index contributed by atoms with van der Waals surface area (Å²) in [6.07, 6.45) is 0.832. The number of primary amides is 1. The van der Waals surface area contributed by atoms with Crippen molar-refractivity contribution in [3.8, 4) is 0 Å². The van der Waals surface area contributed by atoms with Gasteiger partial charge in [0, 0.05) is 23.1 Å². The minimum atomic E-state index is -0.515. The lowest BCUT2D eigenvalue weighted by atomic mass is 9.95. The van der Waals surface area contributed by atoms with Crippen LogP contribution in [-0.2, 0) is 16.0 Å². The second-order valence-corrected chi connectivity index (χ2v) is 5.37. The Hall–Kier alpha value is -2.50. The number of aromatic amines is 1. The number of nitrogens with one attached hydrogen (secondary N) is 1. The predicted octanol–water partition coefficient (Wildman–Crippen LogP) is 2.10. The van der Waals surface area contributed by atoms with Gasteiger partial charge in [-0.1, -0.05) is 18.2 Å². The predicted molar refractivity (Wildman–Crippen MR) is 82.3 cm³/mol. The topological polar surface area (TPSA) is 88.4 Å². The summed E-state index contributed by atoms with van der Waals surface area (Å²) >= 11 is 0. The highest BCUT2D eigenvalue weighted by atomic mass is 16.5. The molecule has 0 bridgehead atoms. The van der Waals surface area contributed by atoms with E-state index in [2.05, 4.69) is 4.98 Å². The zero-order valence-corrected chi connectivity index (χ0v) is 12.5. The van der Waals surface area contributed by atoms with E-state index in [1.807, 2.05) is 24.3 Å². The molecule has 1 unspecified atom stereocenters. The number of carbonyl (C=O) groups excluding carboxylic acids is 2. The van der Waals surface area contributed by atoms with Crippen molar-refractivity contribution in [1.82, 2.24) is 9.88 Å². The summed E-state index contributed by atoms with van der Waals surface area (Å²) in [4.78, 5) is 28.5. The second-order valence-electron chi connectivity index (χ2n) is 5.37. The van der Waals surface area contributed by atoms with Gasteiger partial charge in [-0.25, -0.2) is 4.79 Å². The Morgan fingerprint density at radius 1 is 1.41 bits per heavy atom. The molecular weight excluding hydrogens is 282 g/mol. The van der Waals surface area contributed by atoms with E-state index < -0.39 is 12.1 Å². The van der Waals surface area contributed by atoms with Crippen LogP contribution in [0.15, 0.2) is 24.3 Å². The lowest BCUT2D eigenvalue weighted by Crippen LogP contribution is -2.44. The molecular formula is C16H19N3O3. The van der Waals surface area contributed by atoms with Gasteiger partial charge in [-0.15, -0.1) is 0 Å². The standard InChI is InChI=1S/C16H19N3O3/c1-2-22-14(20)9-13-15-11(7-8-19(13)16(17)21)10-5-3-4-6-12(10)18-15/h3-6,13,18H,2,7-9H2,1H3,(H2,17,21). The SMILES string of the molecule is CCOC(=O)CC1c2[nH]c3ccccc3c2CCN1C(N)=O. The number of fused-ring (bicyclic) bond motifs is 3. The molecule has 3 rings (SSSR count). The van der Waals surface area contributed by atoms with Gasteiger partial charge in [0.05, 0.1) is 19.1 Å². The molecule has 1 aromatic heterocycles. The maximum atomic E-state index is 11.9. The fourth-order valence-corrected chi connectivity index (χ4v) is 3.17. The fraction of sp³-hybridized carbons (Fsp3) is 0.375. The minimum Gasteiger partial charge on any atom is -0.466 e. The molecule has 2 aromatic rings. The number of para-hydroxylation sites is 1. The Kier molecular flexibility index (Phi) is 3.75. The summed E-state index contributed by atoms with van der Waals surface area (Å²) in [5.41, 5.74) is 8.53. The van der Waals surface area contributed by atoms with Crippen LogP contribution in [0.3, 0.4) is 0 Å². The molecule has 1 atom stereocenters. The Balaban J connectivity index is 2.03. The average Bonchev–Trinajstić information content (AvgIpc) is 2.86. The number of ether oxygens (including phenoxy) is 1. The summed E-state index contributed by atoms with van der Waals surface area (Å²) in [7, 11) is 0. The summed E-state index contributed by atoms with van der Waals surface area (Å²) in [6.45, 7) is 2.59. The summed E-state index contributed by atoms with van der Waals surface area (Å²) in [6, 6.07) is 7.06. The smallest absolute Gasteiger partial charge is 0.315 e. The van der Waals surface area contributed by atoms with E-state index in [-0.39, 0.29) is 12.4 Å². The van der Waals surface area contributed by atoms with Crippen LogP contribution in [0.2, 0.25) is 0 Å². The Labute approximate surface area is 128 Å². The maximum Gasteiger partial charge on any atom is 0.315 e. The van der Waals surface area contributed by atoms with E-state index >= 15 is 0 Å². The largest absolute Gasteiger partial charge is 0.466 e. The number of hydrogen-bond acceptors (Lipinski definition) is 3. The van der Waals surface area contributed by atoms with Gasteiger partial charge in [0.25, 0.3) is 0 Å². The van der Waals surface area contributed by atoms with Gasteiger partial charge in [-0.2, -0.15) is 0 Å². The number of esters is 1. The van der Waals surface area contributed by atoms with Crippen LogP contribution in [0.1, 0.15) is 30.6 Å². The molecule has 6 nitrogen and oxygen atoms in total. The highest BCUT2D eigenvalue weighted by molar-refractivity contribution is 5.86. The molecule has 2 amide bonds. The molecule has 116 valence electrons. The van der Waals surface area contributed by atoms with Crippen LogP contribution >= 0.6 is 0 Å². The van der Waals surface area contributed by atoms with Gasteiger partial charge in [-0.3, -0.25) is 4.79 Å². The van der Waals surface area contributed by atoms with Crippen molar-refractivity contribution in [2.75, 3.05) is 13.2 Å². The average molecular weight is 301 g/mol. The number of urea groups is 1. The number of nitrogens with two attached hydrogens (primary N) is 1. The van der Waals surface area contributed by atoms with Crippen molar-refractivity contribution >= 4 is 22.9 Å². The van der Waals surface area contributed by atoms with Crippen LogP contribution in [0.5, 0.6) is 0 Å². The normalized spacial score (nSPS) is 17.3. The minimum absolute atomic E-state index is 0.108. The summed E-state index contributed by atoms with van der Waals surface area (Å²) < 4.78 is 5.03. The maximum absolute atomic E-state index is 11.9. The third-order valence-corrected chi connectivity index (χ3v) is 4.11. The molecule has 1 aliphatic heterocycles. The Morgan fingerprint density at radius 2 is 2.18 bits per heavy atom. The molecule has 0 radical (unpaired) electrons. The molecule has 22 heavy (non-hydrogen) atoms. The molecule has 0 aliphatic carbocycles. The molecule has 0 fully saturated rings. The summed E-state index contributed by atoms with van der Waals surface area (Å²) in [5.74, 6) is -0.328. The number of carbonyl (C=O) groups is 2. The third kappa shape index (κ3) is 2.41. The van der Waals surface area contributed by atoms with Crippen LogP contribution in [0, 0.1) is 0 Å². The molecule has 0 spiro atoms. The summed E-state index contributed by atoms with van der Waals surface area (Å²) in [5, 5.41) is 1.13. The van der Waals surface area contributed by atoms with Crippen LogP contribution in [-0.4, -0.2) is 35.0 Å². The first-order chi connectivity index (χ1) is 10.6. The Morgan fingerprint density at radius 3 is 2.91 bits per heavy atom. The van der Waals surface area contributed by atoms with E-state index in [0.717, 1.165) is 28.6 Å². The van der Waals surface area contributed by atoms with Crippen LogP contribution in [0.4, 0.5) is 4.79 Å². The third-order valence-electron chi connectivity index (χ3n) is 4.11. The highest BCUT2D eigenvalue weighted by Gasteiger charge is 2.34. The fourth-order valence-electron chi connectivity index (χ4n) is 3.17. The van der Waals surface area contributed by atoms with E-state index in [9.17, 15) is 9.59 Å². The van der Waals surface area contributed by atoms with Crippen LogP contribution < -0.4 is 5.73 Å². The van der Waals surface area contributed by atoms with Crippen molar-refractivity contribution in [2.24, 2.45) is 5.73 Å².